The number of anilines is 3. The molecule has 79 heavy (non-hydrogen) atoms. The van der Waals surface area contributed by atoms with Crippen LogP contribution in [0.2, 0.25) is 0 Å². The summed E-state index contributed by atoms with van der Waals surface area (Å²) in [5.74, 6) is -5.22. The SMILES string of the molecule is Nc1ccn([C@@H]2OC(COP(=O)(O)O)[C@@H](OP(=O)(O)OC[C@H]3O[C@@H](n4cnc5c(N)ncnc54)[C@H](O)[C@@H]3OC(=O)[C@@H]3C[C@@H](N4CCC(F)(F)CC4)CN3C(=O)OCc3ccc(NC(=O)Cc4ccc(F)cc4)cc3)[C@H]2O)c(=O)n1. The molecule has 34 heteroatoms. The predicted octanol–water partition coefficient (Wildman–Crippen LogP) is 1.12. The van der Waals surface area contributed by atoms with E-state index >= 15 is 0 Å². The third-order valence-corrected chi connectivity index (χ3v) is 14.9. The Kier molecular flexibility index (Phi) is 16.9. The lowest BCUT2D eigenvalue weighted by atomic mass is 10.0. The maximum Gasteiger partial charge on any atom is 0.472 e. The number of hydrogen-bond donors (Lipinski definition) is 8. The summed E-state index contributed by atoms with van der Waals surface area (Å²) in [5.41, 5.74) is 12.0. The molecule has 4 aliphatic rings. The van der Waals surface area contributed by atoms with E-state index in [1.807, 2.05) is 0 Å². The Balaban J connectivity index is 0.924. The molecule has 4 saturated heterocycles. The molecule has 9 rings (SSSR count). The number of carbonyl (C=O) groups excluding carboxylic acids is 3. The van der Waals surface area contributed by atoms with Gasteiger partial charge in [0.05, 0.1) is 26.0 Å². The fourth-order valence-electron chi connectivity index (χ4n) is 9.48. The number of halogens is 3. The molecule has 4 fully saturated rings. The fraction of sp³-hybridized carbons (Fsp3) is 0.467. The van der Waals surface area contributed by atoms with Gasteiger partial charge >= 0.3 is 33.4 Å². The van der Waals surface area contributed by atoms with Crippen LogP contribution in [0.5, 0.6) is 0 Å². The molecule has 2 aromatic carbocycles. The summed E-state index contributed by atoms with van der Waals surface area (Å²) in [6, 6.07) is 10.6. The number of esters is 1. The molecule has 0 saturated carbocycles. The molecule has 4 aliphatic heterocycles. The van der Waals surface area contributed by atoms with Crippen molar-refractivity contribution in [3.05, 3.63) is 101 Å². The van der Waals surface area contributed by atoms with Crippen molar-refractivity contribution >= 4 is 62.1 Å². The maximum absolute atomic E-state index is 14.5. The highest BCUT2D eigenvalue weighted by Gasteiger charge is 2.54. The number of alkyl halides is 2. The number of aromatic nitrogens is 6. The van der Waals surface area contributed by atoms with Crippen LogP contribution in [-0.2, 0) is 64.3 Å². The Labute approximate surface area is 444 Å². The zero-order chi connectivity index (χ0) is 56.6. The number of carbonyl (C=O) groups is 3. The summed E-state index contributed by atoms with van der Waals surface area (Å²) in [4.78, 5) is 102. The Bertz CT molecular complexity index is 3190. The number of fused-ring (bicyclic) bond motifs is 1. The van der Waals surface area contributed by atoms with Crippen molar-refractivity contribution in [1.29, 1.82) is 0 Å². The first kappa shape index (κ1) is 57.2. The van der Waals surface area contributed by atoms with Gasteiger partial charge < -0.3 is 60.6 Å². The number of benzene rings is 2. The van der Waals surface area contributed by atoms with Gasteiger partial charge in [-0.2, -0.15) is 4.98 Å². The standard InChI is InChI=1S/C45H52F3N11O18P2/c46-25-5-1-23(2-6-25)15-32(60)54-26-7-3-24(4-8-26)18-71-44(65)58-17-27(56-13-10-45(47,48)11-14-56)16-28(58)42(63)76-36-29(74-41(34(36)61)59-22-53-33-38(50)51-21-52-39(33)59)20-73-79(69,70)77-37-30(19-72-78(66,67)68)75-40(35(37)62)57-12-9-31(49)55-43(57)64/h1-9,12,21-22,27-30,34-37,40-41,61-62H,10-11,13-20H2,(H,54,60)(H,69,70)(H2,49,55,64)(H2,50,51,52)(H2,66,67,68)/t27-,28+,29-,30?,34-,35-,36-,37-,40-,41-/m1/s1. The second-order valence-corrected chi connectivity index (χ2v) is 21.5. The van der Waals surface area contributed by atoms with Gasteiger partial charge in [0.2, 0.25) is 5.91 Å². The van der Waals surface area contributed by atoms with Crippen molar-refractivity contribution in [2.24, 2.45) is 0 Å². The largest absolute Gasteiger partial charge is 0.472 e. The minimum absolute atomic E-state index is 0.0176. The van der Waals surface area contributed by atoms with Crippen LogP contribution < -0.4 is 22.5 Å². The highest BCUT2D eigenvalue weighted by atomic mass is 31.2. The summed E-state index contributed by atoms with van der Waals surface area (Å²) < 4.78 is 108. The first-order valence-corrected chi connectivity index (χ1v) is 27.1. The number of imidazole rings is 1. The number of amides is 2. The molecule has 10 N–H and O–H groups in total. The van der Waals surface area contributed by atoms with Crippen LogP contribution in [0.1, 0.15) is 42.8 Å². The van der Waals surface area contributed by atoms with E-state index in [2.05, 4.69) is 29.8 Å². The van der Waals surface area contributed by atoms with Gasteiger partial charge in [0.25, 0.3) is 5.92 Å². The van der Waals surface area contributed by atoms with Crippen molar-refractivity contribution in [1.82, 2.24) is 38.9 Å². The van der Waals surface area contributed by atoms with Crippen molar-refractivity contribution < 1.29 is 94.1 Å². The minimum atomic E-state index is -5.54. The Morgan fingerprint density at radius 3 is 2.18 bits per heavy atom. The van der Waals surface area contributed by atoms with Crippen LogP contribution in [-0.4, -0.2) is 169 Å². The molecule has 0 spiro atoms. The highest BCUT2D eigenvalue weighted by Crippen LogP contribution is 2.50. The summed E-state index contributed by atoms with van der Waals surface area (Å²) in [7, 11) is -10.8. The van der Waals surface area contributed by atoms with Gasteiger partial charge in [-0.15, -0.1) is 0 Å². The van der Waals surface area contributed by atoms with Crippen molar-refractivity contribution in [2.75, 3.05) is 49.6 Å². The van der Waals surface area contributed by atoms with E-state index < -0.39 is 132 Å². The number of hydrogen-bond acceptors (Lipinski definition) is 22. The van der Waals surface area contributed by atoms with Crippen molar-refractivity contribution in [3.63, 3.8) is 0 Å². The monoisotopic (exact) mass is 1150 g/mol. The van der Waals surface area contributed by atoms with E-state index in [4.69, 9.17) is 39.5 Å². The molecule has 2 unspecified atom stereocenters. The molecule has 0 aliphatic carbocycles. The quantitative estimate of drug-likeness (QED) is 0.0450. The van der Waals surface area contributed by atoms with Crippen LogP contribution in [0.4, 0.5) is 35.3 Å². The van der Waals surface area contributed by atoms with Crippen LogP contribution in [0.15, 0.2) is 78.2 Å². The molecular weight excluding hydrogens is 1100 g/mol. The maximum atomic E-state index is 14.5. The number of phosphoric acid groups is 2. The predicted molar refractivity (Wildman–Crippen MR) is 261 cm³/mol. The Hall–Kier alpha value is -6.51. The number of likely N-dealkylation sites (tertiary alicyclic amines) is 2. The second kappa shape index (κ2) is 23.3. The van der Waals surface area contributed by atoms with Gasteiger partial charge in [0.1, 0.15) is 66.6 Å². The molecule has 0 radical (unpaired) electrons. The average molecular weight is 1150 g/mol. The smallest absolute Gasteiger partial charge is 0.455 e. The first-order chi connectivity index (χ1) is 37.4. The van der Waals surface area contributed by atoms with E-state index in [1.165, 1.54) is 28.8 Å². The fourth-order valence-corrected chi connectivity index (χ4v) is 10.8. The Morgan fingerprint density at radius 1 is 0.848 bits per heavy atom. The van der Waals surface area contributed by atoms with E-state index in [9.17, 15) is 66.4 Å². The normalized spacial score (nSPS) is 27.0. The topological polar surface area (TPSA) is 400 Å². The zero-order valence-corrected chi connectivity index (χ0v) is 42.9. The summed E-state index contributed by atoms with van der Waals surface area (Å²) in [6.45, 7) is -2.85. The number of nitrogens with two attached hydrogens (primary N) is 2. The highest BCUT2D eigenvalue weighted by molar-refractivity contribution is 7.47. The van der Waals surface area contributed by atoms with Gasteiger partial charge in [0.15, 0.2) is 30.0 Å². The third-order valence-electron chi connectivity index (χ3n) is 13.4. The van der Waals surface area contributed by atoms with Crippen LogP contribution in [0.25, 0.3) is 11.2 Å². The van der Waals surface area contributed by atoms with Crippen molar-refractivity contribution in [3.8, 4) is 0 Å². The lowest BCUT2D eigenvalue weighted by Gasteiger charge is -2.35. The zero-order valence-electron chi connectivity index (χ0n) is 41.1. The number of nitrogens with one attached hydrogen (secondary N) is 1. The lowest BCUT2D eigenvalue weighted by Crippen LogP contribution is -2.47. The van der Waals surface area contributed by atoms with Gasteiger partial charge in [-0.25, -0.2) is 51.6 Å². The van der Waals surface area contributed by atoms with Gasteiger partial charge in [0, 0.05) is 50.4 Å². The van der Waals surface area contributed by atoms with Gasteiger partial charge in [-0.3, -0.25) is 37.3 Å². The van der Waals surface area contributed by atoms with Crippen molar-refractivity contribution in [2.45, 2.75) is 99.4 Å². The molecule has 29 nitrogen and oxygen atoms in total. The summed E-state index contributed by atoms with van der Waals surface area (Å²) >= 11 is 0. The minimum Gasteiger partial charge on any atom is -0.455 e. The third kappa shape index (κ3) is 13.6. The number of phosphoric ester groups is 2. The van der Waals surface area contributed by atoms with Gasteiger partial charge in [-0.05, 0) is 47.9 Å². The molecule has 5 aromatic rings. The lowest BCUT2D eigenvalue weighted by molar-refractivity contribution is -0.161. The molecule has 426 valence electrons. The molecule has 2 amide bonds. The first-order valence-electron chi connectivity index (χ1n) is 24.1. The molecule has 11 atom stereocenters. The molecular formula is C45H52F3N11O18P2. The van der Waals surface area contributed by atoms with E-state index in [1.54, 1.807) is 29.2 Å². The summed E-state index contributed by atoms with van der Waals surface area (Å²) in [5, 5.41) is 25.9. The second-order valence-electron chi connectivity index (χ2n) is 18.8. The average Bonchev–Trinajstić information content (AvgIpc) is 4.18. The molecule has 3 aromatic heterocycles. The Morgan fingerprint density at radius 2 is 1.49 bits per heavy atom. The van der Waals surface area contributed by atoms with Gasteiger partial charge in [-0.1, -0.05) is 24.3 Å². The number of nitrogens with zero attached hydrogens (tertiary/aromatic N) is 8. The van der Waals surface area contributed by atoms with Crippen LogP contribution >= 0.6 is 15.6 Å². The molecule has 0 bridgehead atoms. The number of aliphatic hydroxyl groups excluding tert-OH is 2. The van der Waals surface area contributed by atoms with E-state index in [0.29, 0.717) is 21.4 Å². The number of ether oxygens (including phenoxy) is 4. The van der Waals surface area contributed by atoms with Crippen LogP contribution in [0.3, 0.4) is 0 Å². The number of rotatable bonds is 18. The number of aliphatic hydroxyl groups is 2. The molecule has 7 heterocycles. The number of nitrogen functional groups attached to an aromatic ring is 2. The van der Waals surface area contributed by atoms with E-state index in [0.717, 1.165) is 29.8 Å². The summed E-state index contributed by atoms with van der Waals surface area (Å²) in [6.07, 6.45) is -13.6. The number of piperidine rings is 1. The van der Waals surface area contributed by atoms with Crippen LogP contribution in [0, 0.1) is 5.82 Å². The van der Waals surface area contributed by atoms with E-state index in [-0.39, 0.29) is 67.8 Å².